The molecule has 0 radical (unpaired) electrons. The zero-order valence-corrected chi connectivity index (χ0v) is 12.1. The van der Waals surface area contributed by atoms with Crippen molar-refractivity contribution >= 4 is 0 Å². The molecule has 0 saturated heterocycles. The van der Waals surface area contributed by atoms with Gasteiger partial charge in [0.15, 0.2) is 0 Å². The highest BCUT2D eigenvalue weighted by Crippen LogP contribution is 2.29. The Bertz CT molecular complexity index is 385. The molecule has 0 heterocycles. The Labute approximate surface area is 106 Å². The van der Waals surface area contributed by atoms with Gasteiger partial charge >= 0.3 is 0 Å². The van der Waals surface area contributed by atoms with Gasteiger partial charge < -0.3 is 9.64 Å². The number of ether oxygens (including phenoxy) is 1. The number of rotatable bonds is 5. The van der Waals surface area contributed by atoms with Gasteiger partial charge in [0.25, 0.3) is 0 Å². The van der Waals surface area contributed by atoms with Gasteiger partial charge in [-0.2, -0.15) is 0 Å². The number of hydrogen-bond acceptors (Lipinski definition) is 2. The molecule has 0 amide bonds. The van der Waals surface area contributed by atoms with Crippen LogP contribution in [-0.4, -0.2) is 32.1 Å². The molecule has 0 unspecified atom stereocenters. The summed E-state index contributed by atoms with van der Waals surface area (Å²) >= 11 is 0. The minimum Gasteiger partial charge on any atom is -0.496 e. The van der Waals surface area contributed by atoms with Gasteiger partial charge in [-0.1, -0.05) is 13.0 Å². The highest BCUT2D eigenvalue weighted by atomic mass is 16.5. The van der Waals surface area contributed by atoms with Crippen molar-refractivity contribution in [3.63, 3.8) is 0 Å². The van der Waals surface area contributed by atoms with Crippen LogP contribution in [0.25, 0.3) is 0 Å². The lowest BCUT2D eigenvalue weighted by molar-refractivity contribution is 0.351. The lowest BCUT2D eigenvalue weighted by Gasteiger charge is -2.19. The first-order valence-corrected chi connectivity index (χ1v) is 6.33. The van der Waals surface area contributed by atoms with E-state index in [1.165, 1.54) is 22.3 Å². The predicted molar refractivity (Wildman–Crippen MR) is 74.1 cm³/mol. The summed E-state index contributed by atoms with van der Waals surface area (Å²) in [5.74, 6) is 1.08. The molecule has 96 valence electrons. The SMILES string of the molecule is CCN(C)CCc1c(C)cc(C)c(C)c1OC. The molecule has 1 aromatic rings. The number of aryl methyl sites for hydroxylation is 2. The van der Waals surface area contributed by atoms with E-state index in [9.17, 15) is 0 Å². The van der Waals surface area contributed by atoms with E-state index >= 15 is 0 Å². The van der Waals surface area contributed by atoms with Gasteiger partial charge in [0, 0.05) is 6.54 Å². The molecule has 0 N–H and O–H groups in total. The zero-order valence-electron chi connectivity index (χ0n) is 12.1. The second kappa shape index (κ2) is 6.06. The summed E-state index contributed by atoms with van der Waals surface area (Å²) < 4.78 is 5.59. The van der Waals surface area contributed by atoms with E-state index < -0.39 is 0 Å². The Morgan fingerprint density at radius 2 is 1.82 bits per heavy atom. The fraction of sp³-hybridized carbons (Fsp3) is 0.600. The average molecular weight is 235 g/mol. The van der Waals surface area contributed by atoms with E-state index in [4.69, 9.17) is 4.74 Å². The molecular weight excluding hydrogens is 210 g/mol. The Hall–Kier alpha value is -1.02. The molecule has 1 aromatic carbocycles. The Morgan fingerprint density at radius 1 is 1.18 bits per heavy atom. The van der Waals surface area contributed by atoms with Crippen molar-refractivity contribution in [1.82, 2.24) is 4.90 Å². The smallest absolute Gasteiger partial charge is 0.125 e. The molecule has 0 bridgehead atoms. The lowest BCUT2D eigenvalue weighted by Crippen LogP contribution is -2.21. The van der Waals surface area contributed by atoms with Crippen LogP contribution < -0.4 is 4.74 Å². The summed E-state index contributed by atoms with van der Waals surface area (Å²) in [7, 11) is 3.93. The van der Waals surface area contributed by atoms with Crippen molar-refractivity contribution < 1.29 is 4.74 Å². The molecule has 0 aliphatic carbocycles. The van der Waals surface area contributed by atoms with E-state index in [1.807, 2.05) is 0 Å². The van der Waals surface area contributed by atoms with Gasteiger partial charge in [-0.25, -0.2) is 0 Å². The fourth-order valence-electron chi connectivity index (χ4n) is 2.15. The van der Waals surface area contributed by atoms with Crippen LogP contribution in [0.4, 0.5) is 0 Å². The molecule has 0 atom stereocenters. The maximum Gasteiger partial charge on any atom is 0.125 e. The van der Waals surface area contributed by atoms with Crippen LogP contribution in [0.5, 0.6) is 5.75 Å². The predicted octanol–water partition coefficient (Wildman–Crippen LogP) is 3.11. The van der Waals surface area contributed by atoms with Crippen molar-refractivity contribution in [2.45, 2.75) is 34.1 Å². The minimum absolute atomic E-state index is 1.06. The van der Waals surface area contributed by atoms with Crippen LogP contribution in [0.2, 0.25) is 0 Å². The summed E-state index contributed by atoms with van der Waals surface area (Å²) in [6.07, 6.45) is 1.06. The van der Waals surface area contributed by atoms with Crippen molar-refractivity contribution in [2.75, 3.05) is 27.2 Å². The molecule has 0 aliphatic heterocycles. The number of nitrogens with zero attached hydrogens (tertiary/aromatic N) is 1. The highest BCUT2D eigenvalue weighted by Gasteiger charge is 2.12. The van der Waals surface area contributed by atoms with Crippen LogP contribution >= 0.6 is 0 Å². The molecule has 2 heteroatoms. The average Bonchev–Trinajstić information content (AvgIpc) is 2.31. The number of hydrogen-bond donors (Lipinski definition) is 0. The van der Waals surface area contributed by atoms with Gasteiger partial charge in [-0.05, 0) is 63.0 Å². The first kappa shape index (κ1) is 14.0. The second-order valence-corrected chi connectivity index (χ2v) is 4.79. The van der Waals surface area contributed by atoms with Gasteiger partial charge in [0.05, 0.1) is 7.11 Å². The maximum atomic E-state index is 5.59. The molecule has 17 heavy (non-hydrogen) atoms. The molecule has 0 aromatic heterocycles. The van der Waals surface area contributed by atoms with Crippen molar-refractivity contribution in [2.24, 2.45) is 0 Å². The summed E-state index contributed by atoms with van der Waals surface area (Å²) in [6.45, 7) is 10.8. The van der Waals surface area contributed by atoms with Gasteiger partial charge in [-0.15, -0.1) is 0 Å². The summed E-state index contributed by atoms with van der Waals surface area (Å²) in [5.41, 5.74) is 5.28. The summed E-state index contributed by atoms with van der Waals surface area (Å²) in [5, 5.41) is 0. The van der Waals surface area contributed by atoms with Crippen molar-refractivity contribution in [3.05, 3.63) is 28.3 Å². The quantitative estimate of drug-likeness (QED) is 0.777. The van der Waals surface area contributed by atoms with Crippen LogP contribution in [0.15, 0.2) is 6.07 Å². The monoisotopic (exact) mass is 235 g/mol. The van der Waals surface area contributed by atoms with E-state index in [1.54, 1.807) is 7.11 Å². The molecule has 0 spiro atoms. The van der Waals surface area contributed by atoms with Crippen molar-refractivity contribution in [1.29, 1.82) is 0 Å². The maximum absolute atomic E-state index is 5.59. The lowest BCUT2D eigenvalue weighted by atomic mass is 9.97. The third-order valence-electron chi connectivity index (χ3n) is 3.60. The van der Waals surface area contributed by atoms with Crippen molar-refractivity contribution in [3.8, 4) is 5.75 Å². The Kier molecular flexibility index (Phi) is 5.01. The standard InChI is InChI=1S/C15H25NO/c1-7-16(5)9-8-14-12(3)10-11(2)13(4)15(14)17-6/h10H,7-9H2,1-6H3. The highest BCUT2D eigenvalue weighted by molar-refractivity contribution is 5.49. The third-order valence-corrected chi connectivity index (χ3v) is 3.60. The third kappa shape index (κ3) is 3.22. The summed E-state index contributed by atoms with van der Waals surface area (Å²) in [6, 6.07) is 2.26. The second-order valence-electron chi connectivity index (χ2n) is 4.79. The molecule has 0 saturated carbocycles. The topological polar surface area (TPSA) is 12.5 Å². The van der Waals surface area contributed by atoms with Gasteiger partial charge in [0.2, 0.25) is 0 Å². The largest absolute Gasteiger partial charge is 0.496 e. The molecule has 1 rings (SSSR count). The first-order valence-electron chi connectivity index (χ1n) is 6.33. The van der Waals surface area contributed by atoms with Crippen LogP contribution in [-0.2, 0) is 6.42 Å². The molecular formula is C15H25NO. The van der Waals surface area contributed by atoms with E-state index in [2.05, 4.69) is 45.7 Å². The van der Waals surface area contributed by atoms with Gasteiger partial charge in [0.1, 0.15) is 5.75 Å². The number of benzene rings is 1. The molecule has 2 nitrogen and oxygen atoms in total. The van der Waals surface area contributed by atoms with E-state index in [-0.39, 0.29) is 0 Å². The van der Waals surface area contributed by atoms with Crippen LogP contribution in [0, 0.1) is 20.8 Å². The van der Waals surface area contributed by atoms with E-state index in [0.717, 1.165) is 25.3 Å². The summed E-state index contributed by atoms with van der Waals surface area (Å²) in [4.78, 5) is 2.33. The zero-order chi connectivity index (χ0) is 13.0. The Morgan fingerprint density at radius 3 is 2.35 bits per heavy atom. The number of methoxy groups -OCH3 is 1. The fourth-order valence-corrected chi connectivity index (χ4v) is 2.15. The molecule has 0 fully saturated rings. The minimum atomic E-state index is 1.06. The van der Waals surface area contributed by atoms with E-state index in [0.29, 0.717) is 0 Å². The number of likely N-dealkylation sites (N-methyl/N-ethyl adjacent to an activating group) is 1. The first-order chi connectivity index (χ1) is 8.01. The molecule has 0 aliphatic rings. The van der Waals surface area contributed by atoms with Crippen LogP contribution in [0.1, 0.15) is 29.2 Å². The van der Waals surface area contributed by atoms with Crippen LogP contribution in [0.3, 0.4) is 0 Å². The Balaban J connectivity index is 3.01. The van der Waals surface area contributed by atoms with Gasteiger partial charge in [-0.3, -0.25) is 0 Å². The normalized spacial score (nSPS) is 11.0.